The van der Waals surface area contributed by atoms with Crippen molar-refractivity contribution in [2.45, 2.75) is 37.4 Å². The average molecular weight is 546 g/mol. The second-order valence-electron chi connectivity index (χ2n) is 8.38. The van der Waals surface area contributed by atoms with Crippen LogP contribution in [0.3, 0.4) is 0 Å². The number of hydrogen-bond acceptors (Lipinski definition) is 11. The standard InChI is InChI=1S/C22H20ClN7O4S2/c1-10-24-12-3-2-11(6-16(12)36-10)29-5-4-13(27-29)21-20(33)18(19(32)15(8-31)34-21)30-7-14(26-28-30)22-25-17(23)9-35-22/h2-7,9,15,18-21,31-33H,8H2,1H3/t15-,18+,19+,20-,21+/m1/s1. The Morgan fingerprint density at radius 2 is 2.03 bits per heavy atom. The van der Waals surface area contributed by atoms with Crippen LogP contribution >= 0.6 is 34.3 Å². The molecule has 0 radical (unpaired) electrons. The third-order valence-electron chi connectivity index (χ3n) is 6.05. The van der Waals surface area contributed by atoms with E-state index in [2.05, 4.69) is 25.4 Å². The Bertz CT molecular complexity index is 1530. The van der Waals surface area contributed by atoms with Crippen LogP contribution in [0.25, 0.3) is 26.6 Å². The summed E-state index contributed by atoms with van der Waals surface area (Å²) >= 11 is 8.83. The van der Waals surface area contributed by atoms with E-state index in [1.54, 1.807) is 39.9 Å². The van der Waals surface area contributed by atoms with Gasteiger partial charge in [0, 0.05) is 11.6 Å². The van der Waals surface area contributed by atoms with Gasteiger partial charge in [0.1, 0.15) is 46.3 Å². The Labute approximate surface area is 217 Å². The van der Waals surface area contributed by atoms with Crippen LogP contribution in [0.1, 0.15) is 22.8 Å². The molecule has 0 unspecified atom stereocenters. The molecule has 3 N–H and O–H groups in total. The van der Waals surface area contributed by atoms with E-state index in [9.17, 15) is 15.3 Å². The molecule has 5 heterocycles. The number of thiazole rings is 2. The predicted octanol–water partition coefficient (Wildman–Crippen LogP) is 2.55. The van der Waals surface area contributed by atoms with Gasteiger partial charge in [0.15, 0.2) is 0 Å². The maximum atomic E-state index is 11.3. The van der Waals surface area contributed by atoms with Crippen molar-refractivity contribution < 1.29 is 20.1 Å². The predicted molar refractivity (Wildman–Crippen MR) is 133 cm³/mol. The molecule has 0 bridgehead atoms. The number of aromatic nitrogens is 7. The van der Waals surface area contributed by atoms with Gasteiger partial charge in [0.05, 0.1) is 39.4 Å². The summed E-state index contributed by atoms with van der Waals surface area (Å²) in [4.78, 5) is 8.67. The van der Waals surface area contributed by atoms with Crippen molar-refractivity contribution in [3.63, 3.8) is 0 Å². The van der Waals surface area contributed by atoms with Crippen LogP contribution in [-0.2, 0) is 4.74 Å². The van der Waals surface area contributed by atoms with Crippen molar-refractivity contribution in [2.75, 3.05) is 6.61 Å². The first-order chi connectivity index (χ1) is 17.4. The molecule has 1 fully saturated rings. The normalized spacial score (nSPS) is 24.5. The minimum atomic E-state index is -1.24. The molecule has 5 aromatic rings. The first-order valence-corrected chi connectivity index (χ1v) is 13.1. The first kappa shape index (κ1) is 23.6. The summed E-state index contributed by atoms with van der Waals surface area (Å²) in [5.41, 5.74) is 2.66. The summed E-state index contributed by atoms with van der Waals surface area (Å²) < 4.78 is 10.00. The molecular weight excluding hydrogens is 526 g/mol. The van der Waals surface area contributed by atoms with Crippen molar-refractivity contribution in [2.24, 2.45) is 0 Å². The van der Waals surface area contributed by atoms with E-state index in [-0.39, 0.29) is 0 Å². The molecule has 0 aliphatic carbocycles. The van der Waals surface area contributed by atoms with Gasteiger partial charge in [-0.3, -0.25) is 0 Å². The first-order valence-electron chi connectivity index (χ1n) is 11.0. The molecule has 36 heavy (non-hydrogen) atoms. The lowest BCUT2D eigenvalue weighted by molar-refractivity contribution is -0.209. The summed E-state index contributed by atoms with van der Waals surface area (Å²) in [7, 11) is 0. The van der Waals surface area contributed by atoms with Gasteiger partial charge in [0.2, 0.25) is 0 Å². The third-order valence-corrected chi connectivity index (χ3v) is 8.17. The van der Waals surface area contributed by atoms with Crippen LogP contribution in [0.15, 0.2) is 42.0 Å². The Hall–Kier alpha value is -2.78. The molecule has 1 aliphatic rings. The van der Waals surface area contributed by atoms with Gasteiger partial charge >= 0.3 is 0 Å². The van der Waals surface area contributed by atoms with E-state index in [1.165, 1.54) is 16.0 Å². The number of halogens is 1. The van der Waals surface area contributed by atoms with E-state index >= 15 is 0 Å². The van der Waals surface area contributed by atoms with Crippen LogP contribution in [-0.4, -0.2) is 75.0 Å². The van der Waals surface area contributed by atoms with E-state index in [4.69, 9.17) is 16.3 Å². The van der Waals surface area contributed by atoms with Crippen molar-refractivity contribution in [3.05, 3.63) is 57.9 Å². The van der Waals surface area contributed by atoms with Crippen LogP contribution in [0.2, 0.25) is 5.15 Å². The molecule has 6 rings (SSSR count). The van der Waals surface area contributed by atoms with Crippen LogP contribution in [0.4, 0.5) is 0 Å². The zero-order chi connectivity index (χ0) is 25.0. The summed E-state index contributed by atoms with van der Waals surface area (Å²) in [5.74, 6) is 0. The Kier molecular flexibility index (Phi) is 6.08. The molecule has 11 nitrogen and oxygen atoms in total. The number of hydrogen-bond donors (Lipinski definition) is 3. The lowest BCUT2D eigenvalue weighted by atomic mass is 9.91. The fourth-order valence-corrected chi connectivity index (χ4v) is 6.11. The number of aliphatic hydroxyl groups is 3. The number of aryl methyl sites for hydroxylation is 1. The zero-order valence-electron chi connectivity index (χ0n) is 18.7. The summed E-state index contributed by atoms with van der Waals surface area (Å²) in [6, 6.07) is 6.65. The summed E-state index contributed by atoms with van der Waals surface area (Å²) in [6.45, 7) is 1.51. The van der Waals surface area contributed by atoms with Crippen LogP contribution < -0.4 is 0 Å². The molecule has 1 aliphatic heterocycles. The third kappa shape index (κ3) is 4.12. The van der Waals surface area contributed by atoms with Gasteiger partial charge in [-0.25, -0.2) is 19.3 Å². The molecule has 1 saturated heterocycles. The minimum Gasteiger partial charge on any atom is -0.394 e. The average Bonchev–Trinajstić information content (AvgIpc) is 3.65. The summed E-state index contributed by atoms with van der Waals surface area (Å²) in [6.07, 6.45) is -1.01. The quantitative estimate of drug-likeness (QED) is 0.303. The van der Waals surface area contributed by atoms with E-state index < -0.39 is 37.1 Å². The molecule has 1 aromatic carbocycles. The van der Waals surface area contributed by atoms with Gasteiger partial charge in [-0.2, -0.15) is 5.10 Å². The van der Waals surface area contributed by atoms with Crippen LogP contribution in [0.5, 0.6) is 0 Å². The number of fused-ring (bicyclic) bond motifs is 1. The van der Waals surface area contributed by atoms with Crippen molar-refractivity contribution in [1.29, 1.82) is 0 Å². The number of ether oxygens (including phenoxy) is 1. The number of rotatable bonds is 5. The lowest BCUT2D eigenvalue weighted by Crippen LogP contribution is -2.52. The lowest BCUT2D eigenvalue weighted by Gasteiger charge is -2.41. The van der Waals surface area contributed by atoms with E-state index in [0.717, 1.165) is 20.9 Å². The SMILES string of the molecule is Cc1nc2ccc(-n3ccc([C@@H]4O[C@H](CO)[C@H](O)[C@H](n5cc(-c6nc(Cl)cs6)nn5)[C@H]4O)n3)cc2s1. The zero-order valence-corrected chi connectivity index (χ0v) is 21.1. The monoisotopic (exact) mass is 545 g/mol. The number of benzene rings is 1. The van der Waals surface area contributed by atoms with E-state index in [1.807, 2.05) is 25.1 Å². The Morgan fingerprint density at radius 1 is 1.17 bits per heavy atom. The molecule has 5 atom stereocenters. The molecule has 0 saturated carbocycles. The highest BCUT2D eigenvalue weighted by Gasteiger charge is 2.47. The van der Waals surface area contributed by atoms with Crippen molar-refractivity contribution in [3.8, 4) is 16.4 Å². The van der Waals surface area contributed by atoms with Gasteiger partial charge in [-0.05, 0) is 31.2 Å². The van der Waals surface area contributed by atoms with Crippen LogP contribution in [0, 0.1) is 6.92 Å². The van der Waals surface area contributed by atoms with Crippen molar-refractivity contribution >= 4 is 44.5 Å². The fraction of sp³-hybridized carbons (Fsp3) is 0.318. The second kappa shape index (κ2) is 9.27. The highest BCUT2D eigenvalue weighted by Crippen LogP contribution is 2.38. The van der Waals surface area contributed by atoms with E-state index in [0.29, 0.717) is 21.5 Å². The smallest absolute Gasteiger partial charge is 0.147 e. The molecule has 186 valence electrons. The summed E-state index contributed by atoms with van der Waals surface area (Å²) in [5, 5.41) is 48.5. The maximum Gasteiger partial charge on any atom is 0.147 e. The molecular formula is C22H20ClN7O4S2. The minimum absolute atomic E-state index is 0.344. The Morgan fingerprint density at radius 3 is 2.81 bits per heavy atom. The molecule has 4 aromatic heterocycles. The number of aliphatic hydroxyl groups excluding tert-OH is 3. The topological polar surface area (TPSA) is 144 Å². The van der Waals surface area contributed by atoms with Gasteiger partial charge in [0.25, 0.3) is 0 Å². The maximum absolute atomic E-state index is 11.3. The largest absolute Gasteiger partial charge is 0.394 e. The van der Waals surface area contributed by atoms with Gasteiger partial charge in [-0.1, -0.05) is 16.8 Å². The fourth-order valence-electron chi connectivity index (χ4n) is 4.36. The van der Waals surface area contributed by atoms with Crippen molar-refractivity contribution in [1.82, 2.24) is 34.7 Å². The van der Waals surface area contributed by atoms with Gasteiger partial charge in [-0.15, -0.1) is 27.8 Å². The molecule has 14 heteroatoms. The molecule has 0 spiro atoms. The highest BCUT2D eigenvalue weighted by molar-refractivity contribution is 7.18. The Balaban J connectivity index is 1.31. The second-order valence-corrected chi connectivity index (χ2v) is 10.9. The highest BCUT2D eigenvalue weighted by atomic mass is 35.5. The number of nitrogens with zero attached hydrogens (tertiary/aromatic N) is 7. The molecule has 0 amide bonds. The van der Waals surface area contributed by atoms with Gasteiger partial charge < -0.3 is 20.1 Å².